The summed E-state index contributed by atoms with van der Waals surface area (Å²) >= 11 is 0. The molecule has 1 N–H and O–H groups in total. The van der Waals surface area contributed by atoms with Gasteiger partial charge in [-0.25, -0.2) is 13.2 Å². The number of carbonyl (C=O) groups excluding carboxylic acids is 1. The van der Waals surface area contributed by atoms with Gasteiger partial charge in [0, 0.05) is 26.2 Å². The van der Waals surface area contributed by atoms with Gasteiger partial charge in [0.1, 0.15) is 11.8 Å². The van der Waals surface area contributed by atoms with Crippen LogP contribution in [0.3, 0.4) is 0 Å². The molecule has 3 rings (SSSR count). The van der Waals surface area contributed by atoms with Crippen molar-refractivity contribution in [3.63, 3.8) is 0 Å². The van der Waals surface area contributed by atoms with Crippen molar-refractivity contribution in [1.82, 2.24) is 14.5 Å². The fourth-order valence-electron chi connectivity index (χ4n) is 2.86. The summed E-state index contributed by atoms with van der Waals surface area (Å²) in [6.45, 7) is 1.34. The lowest BCUT2D eigenvalue weighted by atomic mass is 10.0. The van der Waals surface area contributed by atoms with Crippen molar-refractivity contribution in [2.24, 2.45) is 0 Å². The van der Waals surface area contributed by atoms with Crippen LogP contribution in [0.2, 0.25) is 0 Å². The van der Waals surface area contributed by atoms with E-state index in [-0.39, 0.29) is 6.03 Å². The number of hydrogen-bond acceptors (Lipinski definition) is 4. The molecule has 1 aromatic carbocycles. The van der Waals surface area contributed by atoms with E-state index in [4.69, 9.17) is 4.42 Å². The first-order valence-electron chi connectivity index (χ1n) is 8.04. The largest absolute Gasteiger partial charge is 0.467 e. The highest BCUT2D eigenvalue weighted by molar-refractivity contribution is 7.88. The number of urea groups is 1. The average Bonchev–Trinajstić information content (AvgIpc) is 3.14. The van der Waals surface area contributed by atoms with E-state index in [1.54, 1.807) is 17.2 Å². The van der Waals surface area contributed by atoms with Gasteiger partial charge in [0.2, 0.25) is 10.0 Å². The van der Waals surface area contributed by atoms with Gasteiger partial charge >= 0.3 is 6.03 Å². The smallest absolute Gasteiger partial charge is 0.318 e. The Morgan fingerprint density at radius 1 is 1.08 bits per heavy atom. The van der Waals surface area contributed by atoms with Crippen LogP contribution in [0.1, 0.15) is 17.4 Å². The zero-order chi connectivity index (χ0) is 17.9. The topological polar surface area (TPSA) is 82.9 Å². The van der Waals surface area contributed by atoms with E-state index in [0.717, 1.165) is 5.56 Å². The predicted molar refractivity (Wildman–Crippen MR) is 93.5 cm³/mol. The van der Waals surface area contributed by atoms with Crippen LogP contribution in [0.5, 0.6) is 0 Å². The lowest BCUT2D eigenvalue weighted by Crippen LogP contribution is -2.53. The minimum atomic E-state index is -3.22. The first kappa shape index (κ1) is 17.5. The van der Waals surface area contributed by atoms with E-state index in [9.17, 15) is 13.2 Å². The summed E-state index contributed by atoms with van der Waals surface area (Å²) in [5, 5.41) is 2.98. The van der Waals surface area contributed by atoms with E-state index in [2.05, 4.69) is 5.32 Å². The lowest BCUT2D eigenvalue weighted by Gasteiger charge is -2.34. The number of nitrogens with zero attached hydrogens (tertiary/aromatic N) is 2. The Morgan fingerprint density at radius 3 is 2.32 bits per heavy atom. The Labute approximate surface area is 147 Å². The molecule has 8 heteroatoms. The fourth-order valence-corrected chi connectivity index (χ4v) is 3.68. The van der Waals surface area contributed by atoms with Crippen LogP contribution in [0.15, 0.2) is 53.1 Å². The molecule has 1 fully saturated rings. The van der Waals surface area contributed by atoms with Gasteiger partial charge in [0.15, 0.2) is 0 Å². The number of sulfonamides is 1. The van der Waals surface area contributed by atoms with Crippen LogP contribution in [-0.2, 0) is 10.0 Å². The van der Waals surface area contributed by atoms with Crippen molar-refractivity contribution in [3.05, 3.63) is 60.1 Å². The SMILES string of the molecule is CS(=O)(=O)N1CCN(C(=O)NC(c2ccccc2)c2ccco2)CC1. The first-order chi connectivity index (χ1) is 11.9. The van der Waals surface area contributed by atoms with Gasteiger partial charge in [-0.05, 0) is 17.7 Å². The fraction of sp³-hybridized carbons (Fsp3) is 0.353. The molecular weight excluding hydrogens is 342 g/mol. The molecule has 0 radical (unpaired) electrons. The molecule has 134 valence electrons. The molecule has 7 nitrogen and oxygen atoms in total. The summed E-state index contributed by atoms with van der Waals surface area (Å²) in [7, 11) is -3.22. The number of rotatable bonds is 4. The number of amides is 2. The standard InChI is InChI=1S/C17H21N3O4S/c1-25(22,23)20-11-9-19(10-12-20)17(21)18-16(15-8-5-13-24-15)14-6-3-2-4-7-14/h2-8,13,16H,9-12H2,1H3,(H,18,21). The maximum absolute atomic E-state index is 12.6. The minimum Gasteiger partial charge on any atom is -0.467 e. The van der Waals surface area contributed by atoms with Crippen LogP contribution in [0.4, 0.5) is 4.79 Å². The molecule has 0 spiro atoms. The molecule has 2 aromatic rings. The Hall–Kier alpha value is -2.32. The van der Waals surface area contributed by atoms with Gasteiger partial charge in [-0.15, -0.1) is 0 Å². The van der Waals surface area contributed by atoms with Gasteiger partial charge < -0.3 is 14.6 Å². The zero-order valence-electron chi connectivity index (χ0n) is 14.0. The third-order valence-electron chi connectivity index (χ3n) is 4.22. The van der Waals surface area contributed by atoms with Crippen molar-refractivity contribution in [1.29, 1.82) is 0 Å². The maximum Gasteiger partial charge on any atom is 0.318 e. The molecule has 25 heavy (non-hydrogen) atoms. The highest BCUT2D eigenvalue weighted by Crippen LogP contribution is 2.22. The molecule has 0 saturated carbocycles. The second-order valence-corrected chi connectivity index (χ2v) is 7.94. The third kappa shape index (κ3) is 4.21. The van der Waals surface area contributed by atoms with Crippen LogP contribution in [0.25, 0.3) is 0 Å². The molecule has 1 saturated heterocycles. The van der Waals surface area contributed by atoms with Crippen LogP contribution >= 0.6 is 0 Å². The van der Waals surface area contributed by atoms with Crippen molar-refractivity contribution in [2.75, 3.05) is 32.4 Å². The van der Waals surface area contributed by atoms with E-state index < -0.39 is 16.1 Å². The maximum atomic E-state index is 12.6. The lowest BCUT2D eigenvalue weighted by molar-refractivity contribution is 0.169. The van der Waals surface area contributed by atoms with Crippen molar-refractivity contribution < 1.29 is 17.6 Å². The molecular formula is C17H21N3O4S. The van der Waals surface area contributed by atoms with E-state index in [1.807, 2.05) is 36.4 Å². The average molecular weight is 363 g/mol. The molecule has 1 aliphatic rings. The molecule has 2 heterocycles. The molecule has 1 aromatic heterocycles. The monoisotopic (exact) mass is 363 g/mol. The summed E-state index contributed by atoms with van der Waals surface area (Å²) in [4.78, 5) is 14.3. The quantitative estimate of drug-likeness (QED) is 0.895. The van der Waals surface area contributed by atoms with E-state index in [0.29, 0.717) is 31.9 Å². The van der Waals surface area contributed by atoms with Gasteiger partial charge in [0.25, 0.3) is 0 Å². The highest BCUT2D eigenvalue weighted by Gasteiger charge is 2.28. The van der Waals surface area contributed by atoms with Crippen molar-refractivity contribution >= 4 is 16.1 Å². The Balaban J connectivity index is 1.70. The Kier molecular flexibility index (Phi) is 5.10. The summed E-state index contributed by atoms with van der Waals surface area (Å²) in [5.41, 5.74) is 0.917. The number of benzene rings is 1. The summed E-state index contributed by atoms with van der Waals surface area (Å²) in [6.07, 6.45) is 2.76. The molecule has 0 bridgehead atoms. The van der Waals surface area contributed by atoms with Gasteiger partial charge in [-0.2, -0.15) is 4.31 Å². The molecule has 1 unspecified atom stereocenters. The van der Waals surface area contributed by atoms with Crippen molar-refractivity contribution in [3.8, 4) is 0 Å². The Morgan fingerprint density at radius 2 is 1.76 bits per heavy atom. The normalized spacial score (nSPS) is 17.2. The number of carbonyl (C=O) groups is 1. The minimum absolute atomic E-state index is 0.238. The number of piperazine rings is 1. The summed E-state index contributed by atoms with van der Waals surface area (Å²) in [5.74, 6) is 0.648. The second-order valence-electron chi connectivity index (χ2n) is 5.96. The van der Waals surface area contributed by atoms with Gasteiger partial charge in [0.05, 0.1) is 12.5 Å². The summed E-state index contributed by atoms with van der Waals surface area (Å²) in [6, 6.07) is 12.5. The summed E-state index contributed by atoms with van der Waals surface area (Å²) < 4.78 is 30.0. The van der Waals surface area contributed by atoms with E-state index >= 15 is 0 Å². The number of furan rings is 1. The zero-order valence-corrected chi connectivity index (χ0v) is 14.8. The molecule has 2 amide bonds. The highest BCUT2D eigenvalue weighted by atomic mass is 32.2. The third-order valence-corrected chi connectivity index (χ3v) is 5.53. The molecule has 1 atom stereocenters. The predicted octanol–water partition coefficient (Wildman–Crippen LogP) is 1.66. The van der Waals surface area contributed by atoms with Crippen LogP contribution in [0, 0.1) is 0 Å². The second kappa shape index (κ2) is 7.28. The van der Waals surface area contributed by atoms with Gasteiger partial charge in [-0.1, -0.05) is 30.3 Å². The van der Waals surface area contributed by atoms with Crippen LogP contribution < -0.4 is 5.32 Å². The number of nitrogens with one attached hydrogen (secondary N) is 1. The van der Waals surface area contributed by atoms with Crippen molar-refractivity contribution in [2.45, 2.75) is 6.04 Å². The first-order valence-corrected chi connectivity index (χ1v) is 9.89. The van der Waals surface area contributed by atoms with Gasteiger partial charge in [-0.3, -0.25) is 0 Å². The van der Waals surface area contributed by atoms with E-state index in [1.165, 1.54) is 10.6 Å². The van der Waals surface area contributed by atoms with Crippen LogP contribution in [-0.4, -0.2) is 56.1 Å². The molecule has 0 aliphatic carbocycles. The molecule has 1 aliphatic heterocycles. The number of hydrogen-bond donors (Lipinski definition) is 1. The Bertz CT molecular complexity index is 798.